The lowest BCUT2D eigenvalue weighted by Gasteiger charge is -2.11. The Hall–Kier alpha value is -3.41. The van der Waals surface area contributed by atoms with Crippen LogP contribution in [0, 0.1) is 24.2 Å². The van der Waals surface area contributed by atoms with Crippen molar-refractivity contribution in [1.82, 2.24) is 24.9 Å². The van der Waals surface area contributed by atoms with E-state index in [0.717, 1.165) is 35.4 Å². The molecule has 9 nitrogen and oxygen atoms in total. The summed E-state index contributed by atoms with van der Waals surface area (Å²) in [4.78, 5) is 16.5. The molecule has 0 saturated carbocycles. The minimum absolute atomic E-state index is 0.107. The topological polar surface area (TPSA) is 117 Å². The number of ether oxygens (including phenoxy) is 1. The zero-order chi connectivity index (χ0) is 22.9. The maximum absolute atomic E-state index is 11.7. The van der Waals surface area contributed by atoms with E-state index in [0.29, 0.717) is 56.3 Å². The average Bonchev–Trinajstić information content (AvgIpc) is 3.15. The van der Waals surface area contributed by atoms with Crippen LogP contribution in [0.5, 0.6) is 5.75 Å². The van der Waals surface area contributed by atoms with Crippen LogP contribution in [0.25, 0.3) is 16.7 Å². The largest absolute Gasteiger partial charge is 0.493 e. The van der Waals surface area contributed by atoms with Gasteiger partial charge in [0.25, 0.3) is 0 Å². The van der Waals surface area contributed by atoms with Gasteiger partial charge in [-0.05, 0) is 44.2 Å². The quantitative estimate of drug-likeness (QED) is 0.416. The average molecular weight is 438 g/mol. The standard InChI is InChI=1S/C23H31N7O2/c1-16(2)14-21(31)25-11-5-6-12-26-22-23-29-28-17(3)30(23)20-9-8-18(15-19(20)27-22)32-13-7-4-10-24/h8-9,15-16H,4-7,11-14H2,1-3H3,(H,25,31)(H,26,27). The van der Waals surface area contributed by atoms with Gasteiger partial charge in [-0.15, -0.1) is 10.2 Å². The molecule has 2 N–H and O–H groups in total. The fourth-order valence-corrected chi connectivity index (χ4v) is 3.43. The number of nitrogens with zero attached hydrogens (tertiary/aromatic N) is 5. The van der Waals surface area contributed by atoms with Gasteiger partial charge >= 0.3 is 0 Å². The second-order valence-corrected chi connectivity index (χ2v) is 8.21. The summed E-state index contributed by atoms with van der Waals surface area (Å²) in [5, 5.41) is 23.5. The van der Waals surface area contributed by atoms with Gasteiger partial charge in [-0.25, -0.2) is 4.98 Å². The minimum Gasteiger partial charge on any atom is -0.493 e. The van der Waals surface area contributed by atoms with Crippen LogP contribution in [-0.2, 0) is 4.79 Å². The first-order valence-corrected chi connectivity index (χ1v) is 11.2. The van der Waals surface area contributed by atoms with E-state index >= 15 is 0 Å². The Bertz CT molecular complexity index is 1100. The Kier molecular flexibility index (Phi) is 8.20. The Morgan fingerprint density at radius 2 is 2.03 bits per heavy atom. The Balaban J connectivity index is 1.65. The second-order valence-electron chi connectivity index (χ2n) is 8.21. The highest BCUT2D eigenvalue weighted by molar-refractivity contribution is 5.84. The van der Waals surface area contributed by atoms with Gasteiger partial charge in [-0.2, -0.15) is 5.26 Å². The number of unbranched alkanes of at least 4 members (excludes halogenated alkanes) is 2. The molecule has 9 heteroatoms. The summed E-state index contributed by atoms with van der Waals surface area (Å²) in [5.74, 6) is 2.65. The van der Waals surface area contributed by atoms with Crippen molar-refractivity contribution in [3.8, 4) is 11.8 Å². The highest BCUT2D eigenvalue weighted by Gasteiger charge is 2.13. The van der Waals surface area contributed by atoms with Crippen LogP contribution in [-0.4, -0.2) is 45.2 Å². The lowest BCUT2D eigenvalue weighted by Crippen LogP contribution is -2.25. The van der Waals surface area contributed by atoms with E-state index in [1.807, 2.05) is 43.4 Å². The molecule has 2 aromatic heterocycles. The van der Waals surface area contributed by atoms with Crippen LogP contribution in [0.15, 0.2) is 18.2 Å². The number of nitriles is 1. The molecule has 170 valence electrons. The molecule has 0 saturated heterocycles. The third kappa shape index (κ3) is 6.06. The lowest BCUT2D eigenvalue weighted by atomic mass is 10.1. The highest BCUT2D eigenvalue weighted by Crippen LogP contribution is 2.25. The molecular weight excluding hydrogens is 406 g/mol. The highest BCUT2D eigenvalue weighted by atomic mass is 16.5. The Morgan fingerprint density at radius 1 is 1.22 bits per heavy atom. The van der Waals surface area contributed by atoms with Crippen LogP contribution in [0.3, 0.4) is 0 Å². The number of benzene rings is 1. The smallest absolute Gasteiger partial charge is 0.220 e. The summed E-state index contributed by atoms with van der Waals surface area (Å²) in [6, 6.07) is 7.87. The van der Waals surface area contributed by atoms with Crippen molar-refractivity contribution in [2.75, 3.05) is 25.0 Å². The summed E-state index contributed by atoms with van der Waals surface area (Å²) in [6.45, 7) is 7.86. The van der Waals surface area contributed by atoms with Crippen LogP contribution in [0.4, 0.5) is 5.82 Å². The number of fused-ring (bicyclic) bond motifs is 3. The van der Waals surface area contributed by atoms with E-state index in [1.165, 1.54) is 0 Å². The van der Waals surface area contributed by atoms with Gasteiger partial charge in [0.05, 0.1) is 23.7 Å². The van der Waals surface area contributed by atoms with E-state index in [4.69, 9.17) is 15.0 Å². The van der Waals surface area contributed by atoms with E-state index in [2.05, 4.69) is 26.9 Å². The Morgan fingerprint density at radius 3 is 2.81 bits per heavy atom. The number of carbonyl (C=O) groups excluding carboxylic acids is 1. The first kappa shape index (κ1) is 23.3. The molecule has 1 aromatic carbocycles. The molecule has 0 aliphatic heterocycles. The zero-order valence-electron chi connectivity index (χ0n) is 19.0. The van der Waals surface area contributed by atoms with Crippen LogP contribution in [0.2, 0.25) is 0 Å². The molecule has 3 rings (SSSR count). The third-order valence-electron chi connectivity index (χ3n) is 4.97. The first-order valence-electron chi connectivity index (χ1n) is 11.2. The number of hydrogen-bond donors (Lipinski definition) is 2. The van der Waals surface area contributed by atoms with E-state index in [9.17, 15) is 4.79 Å². The normalized spacial score (nSPS) is 11.1. The van der Waals surface area contributed by atoms with Crippen molar-refractivity contribution in [2.45, 2.75) is 52.9 Å². The molecule has 0 spiro atoms. The maximum Gasteiger partial charge on any atom is 0.220 e. The van der Waals surface area contributed by atoms with Crippen LogP contribution >= 0.6 is 0 Å². The van der Waals surface area contributed by atoms with Crippen molar-refractivity contribution in [1.29, 1.82) is 5.26 Å². The van der Waals surface area contributed by atoms with Gasteiger partial charge in [0.2, 0.25) is 11.6 Å². The van der Waals surface area contributed by atoms with Gasteiger partial charge in [-0.1, -0.05) is 13.8 Å². The molecule has 0 fully saturated rings. The SMILES string of the molecule is Cc1nnc2c(NCCCCNC(=O)CC(C)C)nc3cc(OCCCC#N)ccc3n12. The number of anilines is 1. The summed E-state index contributed by atoms with van der Waals surface area (Å²) >= 11 is 0. The number of carbonyl (C=O) groups is 1. The summed E-state index contributed by atoms with van der Waals surface area (Å²) < 4.78 is 7.74. The van der Waals surface area contributed by atoms with Crippen molar-refractivity contribution in [3.63, 3.8) is 0 Å². The molecule has 0 radical (unpaired) electrons. The Labute approximate surface area is 188 Å². The number of amides is 1. The predicted octanol–water partition coefficient (Wildman–Crippen LogP) is 3.62. The molecular formula is C23H31N7O2. The second kappa shape index (κ2) is 11.3. The van der Waals surface area contributed by atoms with Crippen LogP contribution in [0.1, 0.15) is 51.8 Å². The van der Waals surface area contributed by atoms with Crippen molar-refractivity contribution in [3.05, 3.63) is 24.0 Å². The minimum atomic E-state index is 0.107. The van der Waals surface area contributed by atoms with Gasteiger partial charge in [0.1, 0.15) is 11.6 Å². The molecule has 2 heterocycles. The molecule has 0 bridgehead atoms. The summed E-state index contributed by atoms with van der Waals surface area (Å²) in [5.41, 5.74) is 2.37. The molecule has 0 aliphatic carbocycles. The number of hydrogen-bond acceptors (Lipinski definition) is 7. The van der Waals surface area contributed by atoms with Crippen molar-refractivity contribution >= 4 is 28.4 Å². The molecule has 32 heavy (non-hydrogen) atoms. The fourth-order valence-electron chi connectivity index (χ4n) is 3.43. The van der Waals surface area contributed by atoms with Crippen molar-refractivity contribution < 1.29 is 9.53 Å². The fraction of sp³-hybridized carbons (Fsp3) is 0.522. The van der Waals surface area contributed by atoms with Crippen LogP contribution < -0.4 is 15.4 Å². The number of rotatable bonds is 12. The van der Waals surface area contributed by atoms with Gasteiger partial charge < -0.3 is 15.4 Å². The summed E-state index contributed by atoms with van der Waals surface area (Å²) in [6.07, 6.45) is 3.50. The molecule has 3 aromatic rings. The predicted molar refractivity (Wildman–Crippen MR) is 124 cm³/mol. The van der Waals surface area contributed by atoms with Gasteiger partial charge in [-0.3, -0.25) is 9.20 Å². The van der Waals surface area contributed by atoms with E-state index in [-0.39, 0.29) is 5.91 Å². The number of nitrogens with one attached hydrogen (secondary N) is 2. The molecule has 1 amide bonds. The number of aryl methyl sites for hydroxylation is 1. The molecule has 0 aliphatic rings. The number of aromatic nitrogens is 4. The zero-order valence-corrected chi connectivity index (χ0v) is 19.0. The third-order valence-corrected chi connectivity index (χ3v) is 4.97. The lowest BCUT2D eigenvalue weighted by molar-refractivity contribution is -0.121. The van der Waals surface area contributed by atoms with Gasteiger partial charge in [0, 0.05) is 32.0 Å². The monoisotopic (exact) mass is 437 g/mol. The van der Waals surface area contributed by atoms with Gasteiger partial charge in [0.15, 0.2) is 5.82 Å². The molecule has 0 atom stereocenters. The summed E-state index contributed by atoms with van der Waals surface area (Å²) in [7, 11) is 0. The van der Waals surface area contributed by atoms with E-state index < -0.39 is 0 Å². The molecule has 0 unspecified atom stereocenters. The van der Waals surface area contributed by atoms with E-state index in [1.54, 1.807) is 0 Å². The maximum atomic E-state index is 11.7. The first-order chi connectivity index (χ1) is 15.5. The van der Waals surface area contributed by atoms with Crippen molar-refractivity contribution in [2.24, 2.45) is 5.92 Å².